The van der Waals surface area contributed by atoms with Crippen LogP contribution in [-0.2, 0) is 0 Å². The van der Waals surface area contributed by atoms with Crippen molar-refractivity contribution in [2.45, 2.75) is 45.6 Å². The minimum Gasteiger partial charge on any atom is -0.382 e. The zero-order valence-electron chi connectivity index (χ0n) is 15.0. The van der Waals surface area contributed by atoms with Gasteiger partial charge in [0.15, 0.2) is 0 Å². The molecule has 2 rings (SSSR count). The van der Waals surface area contributed by atoms with Crippen LogP contribution in [0.4, 0.5) is 11.4 Å². The second kappa shape index (κ2) is 7.56. The molecule has 124 valence electrons. The molecule has 2 aromatic rings. The van der Waals surface area contributed by atoms with Gasteiger partial charge in [0.1, 0.15) is 0 Å². The molecule has 0 radical (unpaired) electrons. The Labute approximate surface area is 154 Å². The van der Waals surface area contributed by atoms with Crippen LogP contribution >= 0.6 is 22.6 Å². The zero-order valence-corrected chi connectivity index (χ0v) is 17.1. The maximum atomic E-state index is 3.65. The molecule has 0 saturated carbocycles. The van der Waals surface area contributed by atoms with E-state index in [9.17, 15) is 0 Å². The molecular formula is C20H27IN2. The molecule has 0 aliphatic carbocycles. The van der Waals surface area contributed by atoms with Gasteiger partial charge in [-0.1, -0.05) is 58.0 Å². The van der Waals surface area contributed by atoms with Crippen molar-refractivity contribution in [3.05, 3.63) is 57.6 Å². The molecule has 23 heavy (non-hydrogen) atoms. The third-order valence-corrected chi connectivity index (χ3v) is 4.86. The van der Waals surface area contributed by atoms with Crippen molar-refractivity contribution >= 4 is 34.0 Å². The van der Waals surface area contributed by atoms with Gasteiger partial charge in [-0.05, 0) is 63.8 Å². The molecule has 1 unspecified atom stereocenters. The molecule has 0 aliphatic heterocycles. The van der Waals surface area contributed by atoms with Gasteiger partial charge in [-0.25, -0.2) is 0 Å². The van der Waals surface area contributed by atoms with Gasteiger partial charge in [0.25, 0.3) is 0 Å². The summed E-state index contributed by atoms with van der Waals surface area (Å²) < 4.78 is 0.327. The summed E-state index contributed by atoms with van der Waals surface area (Å²) in [6.07, 6.45) is 0. The first-order chi connectivity index (χ1) is 10.8. The summed E-state index contributed by atoms with van der Waals surface area (Å²) in [7, 11) is 0. The molecule has 1 atom stereocenters. The van der Waals surface area contributed by atoms with Crippen LogP contribution in [0, 0.1) is 41.5 Å². The van der Waals surface area contributed by atoms with Gasteiger partial charge in [0.05, 0.1) is 4.05 Å². The van der Waals surface area contributed by atoms with Gasteiger partial charge in [0, 0.05) is 17.9 Å². The van der Waals surface area contributed by atoms with Gasteiger partial charge < -0.3 is 10.6 Å². The molecule has 0 fully saturated rings. The number of hydrogen-bond acceptors (Lipinski definition) is 2. The SMILES string of the molecule is Cc1cc(C)c(NCC(I)Nc2c(C)cc(C)cc2C)c(C)c1. The number of alkyl halides is 1. The van der Waals surface area contributed by atoms with Crippen molar-refractivity contribution in [3.8, 4) is 0 Å². The number of aryl methyl sites for hydroxylation is 6. The van der Waals surface area contributed by atoms with Gasteiger partial charge in [-0.2, -0.15) is 0 Å². The molecular weight excluding hydrogens is 395 g/mol. The van der Waals surface area contributed by atoms with Crippen molar-refractivity contribution in [2.75, 3.05) is 17.2 Å². The first-order valence-corrected chi connectivity index (χ1v) is 9.32. The summed E-state index contributed by atoms with van der Waals surface area (Å²) in [6, 6.07) is 8.94. The van der Waals surface area contributed by atoms with Gasteiger partial charge in [-0.3, -0.25) is 0 Å². The van der Waals surface area contributed by atoms with Crippen molar-refractivity contribution in [2.24, 2.45) is 0 Å². The molecule has 2 aromatic carbocycles. The summed E-state index contributed by atoms with van der Waals surface area (Å²) in [5, 5.41) is 7.26. The summed E-state index contributed by atoms with van der Waals surface area (Å²) in [4.78, 5) is 0. The van der Waals surface area contributed by atoms with Crippen LogP contribution in [0.3, 0.4) is 0 Å². The van der Waals surface area contributed by atoms with Crippen LogP contribution < -0.4 is 10.6 Å². The Hall–Kier alpha value is -1.23. The maximum absolute atomic E-state index is 3.65. The lowest BCUT2D eigenvalue weighted by Crippen LogP contribution is -2.23. The monoisotopic (exact) mass is 422 g/mol. The topological polar surface area (TPSA) is 24.1 Å². The fourth-order valence-electron chi connectivity index (χ4n) is 3.27. The van der Waals surface area contributed by atoms with Crippen molar-refractivity contribution in [3.63, 3.8) is 0 Å². The van der Waals surface area contributed by atoms with Crippen molar-refractivity contribution in [1.29, 1.82) is 0 Å². The van der Waals surface area contributed by atoms with Crippen LogP contribution in [0.2, 0.25) is 0 Å². The molecule has 3 heteroatoms. The van der Waals surface area contributed by atoms with E-state index in [1.807, 2.05) is 0 Å². The minimum absolute atomic E-state index is 0.327. The number of halogens is 1. The molecule has 0 spiro atoms. The first kappa shape index (κ1) is 18.1. The Bertz CT molecular complexity index is 661. The van der Waals surface area contributed by atoms with E-state index in [4.69, 9.17) is 0 Å². The number of hydrogen-bond donors (Lipinski definition) is 2. The van der Waals surface area contributed by atoms with E-state index in [-0.39, 0.29) is 0 Å². The standard InChI is InChI=1S/C20H27IN2/c1-12-7-14(3)19(15(4)8-12)22-11-18(21)23-20-16(5)9-13(2)10-17(20)6/h7-10,18,22-23H,11H2,1-6H3. The minimum atomic E-state index is 0.327. The van der Waals surface area contributed by atoms with Gasteiger partial charge in [0.2, 0.25) is 0 Å². The number of rotatable bonds is 5. The molecule has 0 amide bonds. The van der Waals surface area contributed by atoms with Crippen LogP contribution in [0.1, 0.15) is 33.4 Å². The van der Waals surface area contributed by atoms with E-state index in [2.05, 4.69) is 99.0 Å². The normalized spacial score (nSPS) is 12.1. The molecule has 2 N–H and O–H groups in total. The second-order valence-electron chi connectivity index (χ2n) is 6.54. The Balaban J connectivity index is 2.05. The first-order valence-electron chi connectivity index (χ1n) is 8.08. The molecule has 0 saturated heterocycles. The molecule has 2 nitrogen and oxygen atoms in total. The summed E-state index contributed by atoms with van der Waals surface area (Å²) in [5.41, 5.74) is 10.4. The van der Waals surface area contributed by atoms with E-state index >= 15 is 0 Å². The fourth-order valence-corrected chi connectivity index (χ4v) is 3.80. The lowest BCUT2D eigenvalue weighted by molar-refractivity contribution is 1.03. The van der Waals surface area contributed by atoms with E-state index < -0.39 is 0 Å². The highest BCUT2D eigenvalue weighted by Gasteiger charge is 2.10. The van der Waals surface area contributed by atoms with Crippen LogP contribution in [0.5, 0.6) is 0 Å². The quantitative estimate of drug-likeness (QED) is 0.360. The summed E-state index contributed by atoms with van der Waals surface area (Å²) >= 11 is 2.47. The molecule has 0 heterocycles. The van der Waals surface area contributed by atoms with E-state index in [0.717, 1.165) is 6.54 Å². The number of benzene rings is 2. The highest BCUT2D eigenvalue weighted by Crippen LogP contribution is 2.25. The van der Waals surface area contributed by atoms with E-state index in [1.165, 1.54) is 44.8 Å². The van der Waals surface area contributed by atoms with Crippen LogP contribution in [-0.4, -0.2) is 10.6 Å². The fraction of sp³-hybridized carbons (Fsp3) is 0.400. The van der Waals surface area contributed by atoms with Gasteiger partial charge in [-0.15, -0.1) is 0 Å². The smallest absolute Gasteiger partial charge is 0.0955 e. The zero-order chi connectivity index (χ0) is 17.1. The predicted octanol–water partition coefficient (Wildman–Crippen LogP) is 5.82. The maximum Gasteiger partial charge on any atom is 0.0955 e. The highest BCUT2D eigenvalue weighted by atomic mass is 127. The average molecular weight is 422 g/mol. The number of anilines is 2. The number of nitrogens with one attached hydrogen (secondary N) is 2. The van der Waals surface area contributed by atoms with Crippen molar-refractivity contribution < 1.29 is 0 Å². The van der Waals surface area contributed by atoms with E-state index in [0.29, 0.717) is 4.05 Å². The van der Waals surface area contributed by atoms with Crippen LogP contribution in [0.25, 0.3) is 0 Å². The lowest BCUT2D eigenvalue weighted by atomic mass is 10.0. The highest BCUT2D eigenvalue weighted by molar-refractivity contribution is 14.1. The Morgan fingerprint density at radius 3 is 1.57 bits per heavy atom. The predicted molar refractivity (Wildman–Crippen MR) is 111 cm³/mol. The summed E-state index contributed by atoms with van der Waals surface area (Å²) in [5.74, 6) is 0. The van der Waals surface area contributed by atoms with E-state index in [1.54, 1.807) is 0 Å². The second-order valence-corrected chi connectivity index (χ2v) is 8.04. The average Bonchev–Trinajstić information content (AvgIpc) is 2.41. The Kier molecular flexibility index (Phi) is 5.95. The molecule has 0 bridgehead atoms. The summed E-state index contributed by atoms with van der Waals surface area (Å²) in [6.45, 7) is 13.9. The third-order valence-electron chi connectivity index (χ3n) is 4.11. The Morgan fingerprint density at radius 2 is 1.13 bits per heavy atom. The van der Waals surface area contributed by atoms with Crippen LogP contribution in [0.15, 0.2) is 24.3 Å². The molecule has 0 aromatic heterocycles. The lowest BCUT2D eigenvalue weighted by Gasteiger charge is -2.21. The van der Waals surface area contributed by atoms with Gasteiger partial charge >= 0.3 is 0 Å². The Morgan fingerprint density at radius 1 is 0.739 bits per heavy atom. The molecule has 0 aliphatic rings. The largest absolute Gasteiger partial charge is 0.382 e. The van der Waals surface area contributed by atoms with Crippen molar-refractivity contribution in [1.82, 2.24) is 0 Å². The third kappa shape index (κ3) is 4.63.